The van der Waals surface area contributed by atoms with Crippen molar-refractivity contribution in [1.29, 1.82) is 0 Å². The molecule has 6 heteroatoms. The Morgan fingerprint density at radius 3 is 2.32 bits per heavy atom. The van der Waals surface area contributed by atoms with Crippen LogP contribution in [0, 0.1) is 6.92 Å². The van der Waals surface area contributed by atoms with Crippen molar-refractivity contribution in [3.05, 3.63) is 52.4 Å². The lowest BCUT2D eigenvalue weighted by molar-refractivity contribution is 0.00379. The number of rotatable bonds is 5. The molecule has 1 aromatic carbocycles. The normalized spacial score (nSPS) is 16.6. The zero-order chi connectivity index (χ0) is 15.8. The van der Waals surface area contributed by atoms with Crippen LogP contribution < -0.4 is 4.72 Å². The number of benzene rings is 1. The van der Waals surface area contributed by atoms with E-state index in [2.05, 4.69) is 16.9 Å². The highest BCUT2D eigenvalue weighted by Crippen LogP contribution is 2.32. The fraction of sp³-hybridized carbons (Fsp3) is 0.375. The van der Waals surface area contributed by atoms with E-state index in [-0.39, 0.29) is 6.54 Å². The molecular formula is C16H19NO3S2. The van der Waals surface area contributed by atoms with E-state index in [0.29, 0.717) is 4.21 Å². The first kappa shape index (κ1) is 15.7. The number of hydrogen-bond acceptors (Lipinski definition) is 4. The number of methoxy groups -OCH3 is 1. The topological polar surface area (TPSA) is 55.4 Å². The van der Waals surface area contributed by atoms with Crippen molar-refractivity contribution in [3.63, 3.8) is 0 Å². The van der Waals surface area contributed by atoms with Crippen LogP contribution in [0.5, 0.6) is 0 Å². The number of ether oxygens (including phenoxy) is 1. The van der Waals surface area contributed by atoms with E-state index in [9.17, 15) is 8.42 Å². The average molecular weight is 337 g/mol. The third-order valence-electron chi connectivity index (χ3n) is 4.14. The van der Waals surface area contributed by atoms with Gasteiger partial charge in [-0.25, -0.2) is 13.1 Å². The first-order valence-electron chi connectivity index (χ1n) is 7.12. The fourth-order valence-electron chi connectivity index (χ4n) is 2.85. The number of aryl methyl sites for hydroxylation is 1. The zero-order valence-electron chi connectivity index (χ0n) is 12.6. The Morgan fingerprint density at radius 1 is 1.18 bits per heavy atom. The van der Waals surface area contributed by atoms with Gasteiger partial charge in [0.15, 0.2) is 0 Å². The highest BCUT2D eigenvalue weighted by molar-refractivity contribution is 7.91. The Kier molecular flexibility index (Phi) is 4.11. The minimum Gasteiger partial charge on any atom is -0.376 e. The summed E-state index contributed by atoms with van der Waals surface area (Å²) in [5, 5.41) is 0. The SMILES string of the molecule is COC1(CNS(=O)(=O)c2ccc(C)s2)Cc2ccccc2C1. The van der Waals surface area contributed by atoms with E-state index in [1.165, 1.54) is 22.5 Å². The second-order valence-corrected chi connectivity index (χ2v) is 8.98. The lowest BCUT2D eigenvalue weighted by Crippen LogP contribution is -2.45. The fourth-order valence-corrected chi connectivity index (χ4v) is 5.30. The summed E-state index contributed by atoms with van der Waals surface area (Å²) in [5.74, 6) is 0. The van der Waals surface area contributed by atoms with Crippen LogP contribution in [0.4, 0.5) is 0 Å². The summed E-state index contributed by atoms with van der Waals surface area (Å²) >= 11 is 1.28. The average Bonchev–Trinajstić information content (AvgIpc) is 3.09. The van der Waals surface area contributed by atoms with Crippen LogP contribution >= 0.6 is 11.3 Å². The van der Waals surface area contributed by atoms with Gasteiger partial charge in [0.25, 0.3) is 0 Å². The van der Waals surface area contributed by atoms with Gasteiger partial charge < -0.3 is 4.74 Å². The predicted molar refractivity (Wildman–Crippen MR) is 87.8 cm³/mol. The van der Waals surface area contributed by atoms with Crippen LogP contribution in [0.3, 0.4) is 0 Å². The largest absolute Gasteiger partial charge is 0.376 e. The van der Waals surface area contributed by atoms with Crippen molar-refractivity contribution in [2.75, 3.05) is 13.7 Å². The van der Waals surface area contributed by atoms with Crippen molar-refractivity contribution in [3.8, 4) is 0 Å². The van der Waals surface area contributed by atoms with E-state index in [0.717, 1.165) is 17.7 Å². The summed E-state index contributed by atoms with van der Waals surface area (Å²) in [5.41, 5.74) is 1.97. The molecule has 0 fully saturated rings. The molecule has 0 spiro atoms. The maximum Gasteiger partial charge on any atom is 0.250 e. The number of thiophene rings is 1. The molecule has 0 aliphatic heterocycles. The van der Waals surface area contributed by atoms with Gasteiger partial charge in [-0.1, -0.05) is 24.3 Å². The molecule has 3 rings (SSSR count). The number of hydrogen-bond donors (Lipinski definition) is 1. The number of nitrogens with one attached hydrogen (secondary N) is 1. The molecular weight excluding hydrogens is 318 g/mol. The first-order chi connectivity index (χ1) is 10.4. The molecule has 0 bridgehead atoms. The van der Waals surface area contributed by atoms with Crippen molar-refractivity contribution in [2.24, 2.45) is 0 Å². The third-order valence-corrected chi connectivity index (χ3v) is 7.04. The van der Waals surface area contributed by atoms with Crippen molar-refractivity contribution >= 4 is 21.4 Å². The second-order valence-electron chi connectivity index (χ2n) is 5.70. The Hall–Kier alpha value is -1.21. The maximum atomic E-state index is 12.4. The highest BCUT2D eigenvalue weighted by atomic mass is 32.2. The molecule has 0 saturated heterocycles. The summed E-state index contributed by atoms with van der Waals surface area (Å²) in [6, 6.07) is 11.6. The molecule has 4 nitrogen and oxygen atoms in total. The number of fused-ring (bicyclic) bond motifs is 1. The minimum atomic E-state index is -3.47. The monoisotopic (exact) mass is 337 g/mol. The van der Waals surface area contributed by atoms with Gasteiger partial charge in [0.05, 0.1) is 5.60 Å². The lowest BCUT2D eigenvalue weighted by atomic mass is 10.0. The summed E-state index contributed by atoms with van der Waals surface area (Å²) in [6.45, 7) is 2.17. The molecule has 2 aromatic rings. The highest BCUT2D eigenvalue weighted by Gasteiger charge is 2.38. The van der Waals surface area contributed by atoms with Gasteiger partial charge in [-0.15, -0.1) is 11.3 Å². The van der Waals surface area contributed by atoms with E-state index in [1.54, 1.807) is 13.2 Å². The van der Waals surface area contributed by atoms with Crippen LogP contribution in [0.15, 0.2) is 40.6 Å². The van der Waals surface area contributed by atoms with Crippen LogP contribution in [0.2, 0.25) is 0 Å². The minimum absolute atomic E-state index is 0.275. The van der Waals surface area contributed by atoms with Gasteiger partial charge in [0.1, 0.15) is 4.21 Å². The summed E-state index contributed by atoms with van der Waals surface area (Å²) < 4.78 is 33.5. The van der Waals surface area contributed by atoms with Gasteiger partial charge in [-0.05, 0) is 30.2 Å². The van der Waals surface area contributed by atoms with E-state index in [4.69, 9.17) is 4.74 Å². The van der Waals surface area contributed by atoms with Crippen LogP contribution in [-0.4, -0.2) is 27.7 Å². The molecule has 0 atom stereocenters. The zero-order valence-corrected chi connectivity index (χ0v) is 14.3. The third kappa shape index (κ3) is 2.96. The quantitative estimate of drug-likeness (QED) is 0.912. The van der Waals surface area contributed by atoms with E-state index < -0.39 is 15.6 Å². The van der Waals surface area contributed by atoms with Gasteiger partial charge >= 0.3 is 0 Å². The maximum absolute atomic E-state index is 12.4. The molecule has 1 aliphatic carbocycles. The molecule has 118 valence electrons. The molecule has 1 aromatic heterocycles. The first-order valence-corrected chi connectivity index (χ1v) is 9.42. The molecule has 22 heavy (non-hydrogen) atoms. The van der Waals surface area contributed by atoms with E-state index in [1.807, 2.05) is 25.1 Å². The molecule has 1 heterocycles. The van der Waals surface area contributed by atoms with Crippen LogP contribution in [-0.2, 0) is 27.6 Å². The Morgan fingerprint density at radius 2 is 1.82 bits per heavy atom. The molecule has 0 saturated carbocycles. The van der Waals surface area contributed by atoms with Crippen molar-refractivity contribution in [1.82, 2.24) is 4.72 Å². The molecule has 0 amide bonds. The predicted octanol–water partition coefficient (Wildman–Crippen LogP) is 2.52. The smallest absolute Gasteiger partial charge is 0.250 e. The van der Waals surface area contributed by atoms with Gasteiger partial charge in [-0.2, -0.15) is 0 Å². The summed E-state index contributed by atoms with van der Waals surface area (Å²) in [7, 11) is -1.83. The second kappa shape index (κ2) is 5.77. The van der Waals surface area contributed by atoms with Crippen LogP contribution in [0.25, 0.3) is 0 Å². The Bertz CT molecular complexity index is 755. The van der Waals surface area contributed by atoms with Gasteiger partial charge in [-0.3, -0.25) is 0 Å². The van der Waals surface area contributed by atoms with Gasteiger partial charge in [0.2, 0.25) is 10.0 Å². The standard InChI is InChI=1S/C16H19NO3S2/c1-12-7-8-15(21-12)22(18,19)17-11-16(20-2)9-13-5-3-4-6-14(13)10-16/h3-8,17H,9-11H2,1-2H3. The molecule has 0 radical (unpaired) electrons. The summed E-state index contributed by atoms with van der Waals surface area (Å²) in [4.78, 5) is 0.982. The Labute approximate surface area is 135 Å². The van der Waals surface area contributed by atoms with Gasteiger partial charge in [0, 0.05) is 31.4 Å². The molecule has 1 N–H and O–H groups in total. The Balaban J connectivity index is 1.75. The van der Waals surface area contributed by atoms with Crippen LogP contribution in [0.1, 0.15) is 16.0 Å². The summed E-state index contributed by atoms with van der Waals surface area (Å²) in [6.07, 6.45) is 1.46. The van der Waals surface area contributed by atoms with Crippen molar-refractivity contribution < 1.29 is 13.2 Å². The van der Waals surface area contributed by atoms with Crippen molar-refractivity contribution in [2.45, 2.75) is 29.6 Å². The molecule has 1 aliphatic rings. The number of sulfonamides is 1. The van der Waals surface area contributed by atoms with E-state index >= 15 is 0 Å². The molecule has 0 unspecified atom stereocenters. The lowest BCUT2D eigenvalue weighted by Gasteiger charge is -2.27.